The van der Waals surface area contributed by atoms with E-state index < -0.39 is 18.1 Å². The van der Waals surface area contributed by atoms with E-state index in [1.807, 2.05) is 0 Å². The topological polar surface area (TPSA) is 70.4 Å². The Hall–Kier alpha value is -3.16. The molecule has 8 heteroatoms. The number of aromatic nitrogens is 2. The van der Waals surface area contributed by atoms with Crippen molar-refractivity contribution in [3.05, 3.63) is 82.9 Å². The highest BCUT2D eigenvalue weighted by Crippen LogP contribution is 2.35. The quantitative estimate of drug-likeness (QED) is 0.383. The van der Waals surface area contributed by atoms with E-state index in [-0.39, 0.29) is 5.82 Å². The number of hydrogen-bond acceptors (Lipinski definition) is 5. The summed E-state index contributed by atoms with van der Waals surface area (Å²) in [5.41, 5.74) is 1.99. The van der Waals surface area contributed by atoms with Crippen molar-refractivity contribution in [1.29, 1.82) is 0 Å². The molecule has 1 atom stereocenters. The molecule has 0 spiro atoms. The number of nitrogens with one attached hydrogen (secondary N) is 1. The standard InChI is InChI=1S/C25H25ClF2N4O/c1-15(26)21(32-22(23(27)28)16-8-6-5-7-9-16)19-12-17(10-11-20(19)29-4)18-13-30-24(31-14-18)25(2,3)33/h5-14,22-23,32-33H,4H2,1-3H3/b21-15-. The van der Waals surface area contributed by atoms with Crippen LogP contribution in [0.2, 0.25) is 0 Å². The Kier molecular flexibility index (Phi) is 7.56. The maximum atomic E-state index is 14.0. The molecule has 0 bridgehead atoms. The van der Waals surface area contributed by atoms with Gasteiger partial charge >= 0.3 is 0 Å². The molecule has 0 aliphatic carbocycles. The molecule has 2 aromatic carbocycles. The van der Waals surface area contributed by atoms with Gasteiger partial charge in [0, 0.05) is 28.6 Å². The van der Waals surface area contributed by atoms with Crippen molar-refractivity contribution < 1.29 is 13.9 Å². The van der Waals surface area contributed by atoms with Crippen LogP contribution in [0.25, 0.3) is 16.8 Å². The number of alkyl halides is 2. The van der Waals surface area contributed by atoms with Crippen molar-refractivity contribution in [2.75, 3.05) is 0 Å². The summed E-state index contributed by atoms with van der Waals surface area (Å²) in [6, 6.07) is 12.5. The van der Waals surface area contributed by atoms with Crippen molar-refractivity contribution in [2.45, 2.75) is 38.8 Å². The lowest BCUT2D eigenvalue weighted by Crippen LogP contribution is -2.26. The molecule has 2 N–H and O–H groups in total. The van der Waals surface area contributed by atoms with Gasteiger partial charge in [-0.3, -0.25) is 4.99 Å². The first-order chi connectivity index (χ1) is 15.6. The molecule has 5 nitrogen and oxygen atoms in total. The van der Waals surface area contributed by atoms with Crippen LogP contribution in [0.4, 0.5) is 14.5 Å². The zero-order valence-electron chi connectivity index (χ0n) is 18.6. The molecule has 1 aromatic heterocycles. The van der Waals surface area contributed by atoms with Gasteiger partial charge in [0.1, 0.15) is 11.6 Å². The summed E-state index contributed by atoms with van der Waals surface area (Å²) in [4.78, 5) is 12.5. The van der Waals surface area contributed by atoms with Gasteiger partial charge in [-0.2, -0.15) is 0 Å². The van der Waals surface area contributed by atoms with Crippen LogP contribution in [0.15, 0.2) is 70.9 Å². The minimum absolute atomic E-state index is 0.289. The Balaban J connectivity index is 2.05. The predicted molar refractivity (Wildman–Crippen MR) is 129 cm³/mol. The number of halogens is 3. The van der Waals surface area contributed by atoms with Crippen LogP contribution in [0.3, 0.4) is 0 Å². The zero-order valence-corrected chi connectivity index (χ0v) is 19.3. The van der Waals surface area contributed by atoms with Gasteiger partial charge < -0.3 is 10.4 Å². The lowest BCUT2D eigenvalue weighted by Gasteiger charge is -2.23. The average Bonchev–Trinajstić information content (AvgIpc) is 2.79. The Bertz CT molecular complexity index is 1140. The number of allylic oxidation sites excluding steroid dienone is 1. The molecule has 0 amide bonds. The lowest BCUT2D eigenvalue weighted by atomic mass is 10.00. The van der Waals surface area contributed by atoms with Crippen LogP contribution in [0.1, 0.15) is 43.8 Å². The zero-order chi connectivity index (χ0) is 24.2. The molecular weight excluding hydrogens is 446 g/mol. The molecule has 0 aliphatic rings. The molecule has 172 valence electrons. The third-order valence-electron chi connectivity index (χ3n) is 5.02. The molecule has 33 heavy (non-hydrogen) atoms. The van der Waals surface area contributed by atoms with Crippen molar-refractivity contribution in [1.82, 2.24) is 15.3 Å². The number of benzene rings is 2. The average molecular weight is 471 g/mol. The van der Waals surface area contributed by atoms with Gasteiger partial charge in [-0.25, -0.2) is 18.7 Å². The number of aliphatic imine (C=N–C) groups is 1. The normalized spacial score (nSPS) is 13.5. The fourth-order valence-corrected chi connectivity index (χ4v) is 3.47. The lowest BCUT2D eigenvalue weighted by molar-refractivity contribution is 0.0687. The van der Waals surface area contributed by atoms with Crippen LogP contribution in [0.5, 0.6) is 0 Å². The van der Waals surface area contributed by atoms with Gasteiger partial charge in [0.05, 0.1) is 11.4 Å². The Morgan fingerprint density at radius 1 is 1.09 bits per heavy atom. The monoisotopic (exact) mass is 470 g/mol. The fourth-order valence-electron chi connectivity index (χ4n) is 3.32. The second-order valence-electron chi connectivity index (χ2n) is 8.02. The van der Waals surface area contributed by atoms with Gasteiger partial charge in [-0.05, 0) is 50.7 Å². The molecule has 0 saturated carbocycles. The van der Waals surface area contributed by atoms with E-state index >= 15 is 0 Å². The van der Waals surface area contributed by atoms with Crippen molar-refractivity contribution in [2.24, 2.45) is 4.99 Å². The highest BCUT2D eigenvalue weighted by Gasteiger charge is 2.25. The fraction of sp³-hybridized carbons (Fsp3) is 0.240. The summed E-state index contributed by atoms with van der Waals surface area (Å²) < 4.78 is 28.0. The Morgan fingerprint density at radius 2 is 1.73 bits per heavy atom. The van der Waals surface area contributed by atoms with Crippen molar-refractivity contribution >= 4 is 29.7 Å². The maximum Gasteiger partial charge on any atom is 0.262 e. The third kappa shape index (κ3) is 5.80. The molecule has 0 aliphatic heterocycles. The summed E-state index contributed by atoms with van der Waals surface area (Å²) in [6.45, 7) is 8.43. The van der Waals surface area contributed by atoms with Crippen LogP contribution in [0, 0.1) is 0 Å². The molecule has 0 radical (unpaired) electrons. The van der Waals surface area contributed by atoms with E-state index in [0.717, 1.165) is 5.56 Å². The van der Waals surface area contributed by atoms with Crippen LogP contribution in [-0.4, -0.2) is 28.2 Å². The maximum absolute atomic E-state index is 14.0. The number of hydrogen-bond donors (Lipinski definition) is 2. The molecule has 0 fully saturated rings. The number of nitrogens with zero attached hydrogens (tertiary/aromatic N) is 3. The smallest absolute Gasteiger partial charge is 0.262 e. The summed E-state index contributed by atoms with van der Waals surface area (Å²) >= 11 is 6.37. The van der Waals surface area contributed by atoms with Gasteiger partial charge in [0.15, 0.2) is 5.82 Å². The molecule has 3 rings (SSSR count). The summed E-state index contributed by atoms with van der Waals surface area (Å²) in [5, 5.41) is 13.3. The van der Waals surface area contributed by atoms with Gasteiger partial charge in [-0.15, -0.1) is 0 Å². The first kappa shape index (κ1) is 24.5. The largest absolute Gasteiger partial charge is 0.382 e. The van der Waals surface area contributed by atoms with Gasteiger partial charge in [0.25, 0.3) is 6.43 Å². The third-order valence-corrected chi connectivity index (χ3v) is 5.21. The summed E-state index contributed by atoms with van der Waals surface area (Å²) in [7, 11) is 0. The Labute approximate surface area is 196 Å². The second kappa shape index (κ2) is 10.2. The van der Waals surface area contributed by atoms with Crippen LogP contribution in [-0.2, 0) is 5.60 Å². The van der Waals surface area contributed by atoms with E-state index in [0.29, 0.717) is 33.1 Å². The highest BCUT2D eigenvalue weighted by molar-refractivity contribution is 6.32. The highest BCUT2D eigenvalue weighted by atomic mass is 35.5. The Morgan fingerprint density at radius 3 is 2.24 bits per heavy atom. The summed E-state index contributed by atoms with van der Waals surface area (Å²) in [5.74, 6) is 0.289. The second-order valence-corrected chi connectivity index (χ2v) is 8.59. The van der Waals surface area contributed by atoms with Gasteiger partial charge in [-0.1, -0.05) is 48.0 Å². The van der Waals surface area contributed by atoms with Crippen LogP contribution < -0.4 is 5.32 Å². The van der Waals surface area contributed by atoms with Gasteiger partial charge in [0.2, 0.25) is 0 Å². The summed E-state index contributed by atoms with van der Waals surface area (Å²) in [6.07, 6.45) is 0.512. The molecule has 3 aromatic rings. The predicted octanol–water partition coefficient (Wildman–Crippen LogP) is 6.23. The first-order valence-electron chi connectivity index (χ1n) is 10.2. The van der Waals surface area contributed by atoms with E-state index in [4.69, 9.17) is 11.6 Å². The minimum atomic E-state index is -2.68. The molecule has 0 saturated heterocycles. The number of aliphatic hydroxyl groups is 1. The molecule has 1 heterocycles. The van der Waals surface area contributed by atoms with Crippen LogP contribution >= 0.6 is 11.6 Å². The SMILES string of the molecule is C=Nc1ccc(-c2cnc(C(C)(C)O)nc2)cc1/C(NC(c1ccccc1)C(F)F)=C(\C)Cl. The van der Waals surface area contributed by atoms with E-state index in [1.165, 1.54) is 0 Å². The van der Waals surface area contributed by atoms with Crippen molar-refractivity contribution in [3.8, 4) is 11.1 Å². The molecular formula is C25H25ClF2N4O. The number of rotatable bonds is 8. The van der Waals surface area contributed by atoms with E-state index in [1.54, 1.807) is 81.7 Å². The van der Waals surface area contributed by atoms with Crippen molar-refractivity contribution in [3.63, 3.8) is 0 Å². The van der Waals surface area contributed by atoms with E-state index in [2.05, 4.69) is 27.0 Å². The molecule has 1 unspecified atom stereocenters. The first-order valence-corrected chi connectivity index (χ1v) is 10.6. The van der Waals surface area contributed by atoms with E-state index in [9.17, 15) is 13.9 Å². The minimum Gasteiger partial charge on any atom is -0.382 e.